The van der Waals surface area contributed by atoms with Crippen molar-refractivity contribution in [2.45, 2.75) is 0 Å². The predicted molar refractivity (Wildman–Crippen MR) is 93.7 cm³/mol. The van der Waals surface area contributed by atoms with Crippen LogP contribution in [-0.4, -0.2) is 12.4 Å². The minimum atomic E-state index is -1.01. The zero-order valence-corrected chi connectivity index (χ0v) is 13.3. The molecule has 3 aromatic carbocycles. The van der Waals surface area contributed by atoms with Crippen molar-refractivity contribution in [1.82, 2.24) is 0 Å². The molecule has 0 aromatic heterocycles. The molecule has 0 radical (unpaired) electrons. The molecule has 0 atom stereocenters. The Balaban J connectivity index is 1.74. The first-order valence-electron chi connectivity index (χ1n) is 7.61. The molecule has 0 saturated heterocycles. The highest BCUT2D eigenvalue weighted by Crippen LogP contribution is 2.20. The molecule has 2 nitrogen and oxygen atoms in total. The van der Waals surface area contributed by atoms with E-state index in [0.29, 0.717) is 11.1 Å². The largest absolute Gasteiger partial charge is 0.253 e. The molecular formula is C20H12F4N2. The van der Waals surface area contributed by atoms with Crippen molar-refractivity contribution in [1.29, 1.82) is 0 Å². The summed E-state index contributed by atoms with van der Waals surface area (Å²) in [6, 6.07) is 14.2. The summed E-state index contributed by atoms with van der Waals surface area (Å²) in [6.45, 7) is 0. The minimum absolute atomic E-state index is 0.0998. The summed E-state index contributed by atoms with van der Waals surface area (Å²) in [7, 11) is 0. The molecule has 6 heteroatoms. The fourth-order valence-electron chi connectivity index (χ4n) is 2.14. The summed E-state index contributed by atoms with van der Waals surface area (Å²) in [4.78, 5) is 7.83. The molecule has 0 heterocycles. The Morgan fingerprint density at radius 1 is 0.538 bits per heavy atom. The normalized spacial score (nSPS) is 11.5. The summed E-state index contributed by atoms with van der Waals surface area (Å²) in [5.41, 5.74) is 1.11. The van der Waals surface area contributed by atoms with E-state index in [1.807, 2.05) is 0 Å². The molecule has 0 N–H and O–H groups in total. The number of rotatable bonds is 4. The summed E-state index contributed by atoms with van der Waals surface area (Å²) < 4.78 is 53.3. The molecule has 0 aliphatic rings. The Bertz CT molecular complexity index is 899. The minimum Gasteiger partial charge on any atom is -0.253 e. The first-order chi connectivity index (χ1) is 12.5. The standard InChI is InChI=1S/C20H12F4N2/c21-15-3-1-5-17(19(15)23)25-11-13-7-9-14(10-8-13)12-26-18-6-2-4-16(22)20(18)24/h1-12H. The SMILES string of the molecule is Fc1cccc(N=Cc2ccc(C=Nc3cccc(F)c3F)cc2)c1F. The molecule has 0 aliphatic heterocycles. The highest BCUT2D eigenvalue weighted by Gasteiger charge is 2.06. The molecule has 0 aliphatic carbocycles. The van der Waals surface area contributed by atoms with E-state index < -0.39 is 23.3 Å². The predicted octanol–water partition coefficient (Wildman–Crippen LogP) is 5.74. The zero-order chi connectivity index (χ0) is 18.5. The molecule has 0 unspecified atom stereocenters. The third-order valence-electron chi connectivity index (χ3n) is 3.50. The zero-order valence-electron chi connectivity index (χ0n) is 13.3. The lowest BCUT2D eigenvalue weighted by molar-refractivity contribution is 0.510. The topological polar surface area (TPSA) is 24.7 Å². The second-order valence-corrected chi connectivity index (χ2v) is 5.33. The average Bonchev–Trinajstić information content (AvgIpc) is 2.65. The number of halogens is 4. The fraction of sp³-hybridized carbons (Fsp3) is 0. The third kappa shape index (κ3) is 4.03. The van der Waals surface area contributed by atoms with E-state index in [1.165, 1.54) is 36.7 Å². The van der Waals surface area contributed by atoms with E-state index in [2.05, 4.69) is 9.98 Å². The van der Waals surface area contributed by atoms with E-state index >= 15 is 0 Å². The van der Waals surface area contributed by atoms with Gasteiger partial charge >= 0.3 is 0 Å². The van der Waals surface area contributed by atoms with Gasteiger partial charge in [-0.25, -0.2) is 17.6 Å². The van der Waals surface area contributed by atoms with Crippen LogP contribution in [0.4, 0.5) is 28.9 Å². The third-order valence-corrected chi connectivity index (χ3v) is 3.50. The summed E-state index contributed by atoms with van der Waals surface area (Å²) in [5.74, 6) is -3.94. The monoisotopic (exact) mass is 356 g/mol. The van der Waals surface area contributed by atoms with Crippen LogP contribution >= 0.6 is 0 Å². The van der Waals surface area contributed by atoms with E-state index in [0.717, 1.165) is 12.1 Å². The van der Waals surface area contributed by atoms with E-state index in [4.69, 9.17) is 0 Å². The number of nitrogens with zero attached hydrogens (tertiary/aromatic N) is 2. The van der Waals surface area contributed by atoms with E-state index in [9.17, 15) is 17.6 Å². The maximum Gasteiger partial charge on any atom is 0.184 e. The summed E-state index contributed by atoms with van der Waals surface area (Å²) in [5, 5.41) is 0. The Hall–Kier alpha value is -3.28. The van der Waals surface area contributed by atoms with Gasteiger partial charge in [0.05, 0.1) is 0 Å². The average molecular weight is 356 g/mol. The lowest BCUT2D eigenvalue weighted by atomic mass is 10.1. The first kappa shape index (κ1) is 17.5. The van der Waals surface area contributed by atoms with Gasteiger partial charge in [-0.15, -0.1) is 0 Å². The van der Waals surface area contributed by atoms with Crippen LogP contribution in [0.2, 0.25) is 0 Å². The van der Waals surface area contributed by atoms with Crippen LogP contribution in [0.1, 0.15) is 11.1 Å². The smallest absolute Gasteiger partial charge is 0.184 e. The summed E-state index contributed by atoms with van der Waals surface area (Å²) >= 11 is 0. The van der Waals surface area contributed by atoms with Gasteiger partial charge in [0.15, 0.2) is 23.3 Å². The van der Waals surface area contributed by atoms with Crippen molar-refractivity contribution in [2.24, 2.45) is 9.98 Å². The maximum atomic E-state index is 13.5. The number of benzene rings is 3. The van der Waals surface area contributed by atoms with Gasteiger partial charge in [0, 0.05) is 12.4 Å². The van der Waals surface area contributed by atoms with Crippen LogP contribution < -0.4 is 0 Å². The van der Waals surface area contributed by atoms with Crippen LogP contribution in [-0.2, 0) is 0 Å². The Morgan fingerprint density at radius 3 is 1.31 bits per heavy atom. The van der Waals surface area contributed by atoms with E-state index in [1.54, 1.807) is 24.3 Å². The van der Waals surface area contributed by atoms with Crippen LogP contribution in [0.5, 0.6) is 0 Å². The lowest BCUT2D eigenvalue weighted by Crippen LogP contribution is -1.87. The van der Waals surface area contributed by atoms with Crippen LogP contribution in [0.3, 0.4) is 0 Å². The van der Waals surface area contributed by atoms with Gasteiger partial charge in [0.1, 0.15) is 11.4 Å². The van der Waals surface area contributed by atoms with Crippen molar-refractivity contribution < 1.29 is 17.6 Å². The molecule has 0 fully saturated rings. The van der Waals surface area contributed by atoms with Crippen molar-refractivity contribution in [3.63, 3.8) is 0 Å². The quantitative estimate of drug-likeness (QED) is 0.420. The molecule has 0 amide bonds. The lowest BCUT2D eigenvalue weighted by Gasteiger charge is -1.99. The van der Waals surface area contributed by atoms with Gasteiger partial charge in [-0.05, 0) is 35.4 Å². The Kier molecular flexibility index (Phi) is 5.22. The van der Waals surface area contributed by atoms with Gasteiger partial charge in [-0.1, -0.05) is 36.4 Å². The first-order valence-corrected chi connectivity index (χ1v) is 7.61. The van der Waals surface area contributed by atoms with Crippen LogP contribution in [0.15, 0.2) is 70.6 Å². The summed E-state index contributed by atoms with van der Waals surface area (Å²) in [6.07, 6.45) is 2.79. The molecule has 3 aromatic rings. The maximum absolute atomic E-state index is 13.5. The van der Waals surface area contributed by atoms with Crippen molar-refractivity contribution in [3.05, 3.63) is 95.1 Å². The molecule has 0 saturated carbocycles. The Labute approximate surface area is 147 Å². The van der Waals surface area contributed by atoms with E-state index in [-0.39, 0.29) is 11.4 Å². The van der Waals surface area contributed by atoms with Crippen molar-refractivity contribution in [3.8, 4) is 0 Å². The number of hydrogen-bond donors (Lipinski definition) is 0. The van der Waals surface area contributed by atoms with Gasteiger partial charge < -0.3 is 0 Å². The molecule has 0 spiro atoms. The van der Waals surface area contributed by atoms with Crippen molar-refractivity contribution in [2.75, 3.05) is 0 Å². The highest BCUT2D eigenvalue weighted by molar-refractivity contribution is 5.86. The molecule has 26 heavy (non-hydrogen) atoms. The fourth-order valence-corrected chi connectivity index (χ4v) is 2.14. The van der Waals surface area contributed by atoms with Gasteiger partial charge in [-0.2, -0.15) is 0 Å². The number of hydrogen-bond acceptors (Lipinski definition) is 2. The van der Waals surface area contributed by atoms with Crippen LogP contribution in [0.25, 0.3) is 0 Å². The van der Waals surface area contributed by atoms with Gasteiger partial charge in [0.2, 0.25) is 0 Å². The van der Waals surface area contributed by atoms with Gasteiger partial charge in [0.25, 0.3) is 0 Å². The van der Waals surface area contributed by atoms with Crippen LogP contribution in [0, 0.1) is 23.3 Å². The van der Waals surface area contributed by atoms with Gasteiger partial charge in [-0.3, -0.25) is 9.98 Å². The number of aliphatic imine (C=N–C) groups is 2. The second-order valence-electron chi connectivity index (χ2n) is 5.33. The molecular weight excluding hydrogens is 344 g/mol. The van der Waals surface area contributed by atoms with Crippen molar-refractivity contribution >= 4 is 23.8 Å². The molecule has 130 valence electrons. The molecule has 3 rings (SSSR count). The highest BCUT2D eigenvalue weighted by atomic mass is 19.2. The molecule has 0 bridgehead atoms. The second kappa shape index (κ2) is 7.74. The Morgan fingerprint density at radius 2 is 0.923 bits per heavy atom.